The maximum absolute atomic E-state index is 11.5. The highest BCUT2D eigenvalue weighted by molar-refractivity contribution is 7.87. The number of thiophene rings is 1. The van der Waals surface area contributed by atoms with Crippen molar-refractivity contribution in [1.82, 2.24) is 0 Å². The van der Waals surface area contributed by atoms with E-state index < -0.39 is 10.8 Å². The van der Waals surface area contributed by atoms with Crippen LogP contribution in [0.15, 0.2) is 4.21 Å². The summed E-state index contributed by atoms with van der Waals surface area (Å²) in [6, 6.07) is 3.74. The largest absolute Gasteiger partial charge is 0.253 e. The normalized spacial score (nSPS) is 11.7. The molecule has 1 heterocycles. The van der Waals surface area contributed by atoms with Crippen LogP contribution in [0.5, 0.6) is 0 Å². The molecule has 0 aliphatic rings. The molecule has 0 radical (unpaired) electrons. The summed E-state index contributed by atoms with van der Waals surface area (Å²) in [5.74, 6) is 0.413. The monoisotopic (exact) mass is 244 g/mol. The van der Waals surface area contributed by atoms with Gasteiger partial charge in [0.25, 0.3) is 0 Å². The fourth-order valence-corrected chi connectivity index (χ4v) is 3.54. The van der Waals surface area contributed by atoms with Gasteiger partial charge in [0.15, 0.2) is 0 Å². The van der Waals surface area contributed by atoms with Crippen molar-refractivity contribution in [2.45, 2.75) is 11.1 Å². The standard InChI is InChI=1S/C8H5ClN2OS2/c1-2-14(12)8-5(3-10)7(9)6(4-11)13-8/h2H2,1H3. The quantitative estimate of drug-likeness (QED) is 0.802. The molecule has 3 nitrogen and oxygen atoms in total. The minimum absolute atomic E-state index is 0.122. The Labute approximate surface area is 93.0 Å². The molecule has 1 aromatic heterocycles. The van der Waals surface area contributed by atoms with E-state index in [1.54, 1.807) is 6.92 Å². The van der Waals surface area contributed by atoms with Crippen LogP contribution >= 0.6 is 22.9 Å². The third kappa shape index (κ3) is 1.80. The lowest BCUT2D eigenvalue weighted by molar-refractivity contribution is 0.685. The second-order valence-corrected chi connectivity index (χ2v) is 5.60. The molecule has 1 rings (SSSR count). The summed E-state index contributed by atoms with van der Waals surface area (Å²) >= 11 is 6.79. The Morgan fingerprint density at radius 1 is 1.50 bits per heavy atom. The molecule has 0 saturated carbocycles. The van der Waals surface area contributed by atoms with Gasteiger partial charge in [-0.2, -0.15) is 10.5 Å². The molecule has 0 N–H and O–H groups in total. The molecular weight excluding hydrogens is 240 g/mol. The predicted molar refractivity (Wildman–Crippen MR) is 55.7 cm³/mol. The number of nitriles is 2. The van der Waals surface area contributed by atoms with E-state index in [9.17, 15) is 4.21 Å². The average Bonchev–Trinajstić information content (AvgIpc) is 2.53. The molecule has 1 atom stereocenters. The molecule has 0 amide bonds. The van der Waals surface area contributed by atoms with Crippen LogP contribution in [-0.2, 0) is 10.8 Å². The van der Waals surface area contributed by atoms with Crippen LogP contribution in [0.2, 0.25) is 5.02 Å². The van der Waals surface area contributed by atoms with Crippen molar-refractivity contribution in [1.29, 1.82) is 10.5 Å². The second-order valence-electron chi connectivity index (χ2n) is 2.27. The lowest BCUT2D eigenvalue weighted by atomic mass is 10.3. The fraction of sp³-hybridized carbons (Fsp3) is 0.250. The minimum Gasteiger partial charge on any atom is -0.253 e. The van der Waals surface area contributed by atoms with Gasteiger partial charge in [0.05, 0.1) is 21.4 Å². The first-order chi connectivity index (χ1) is 6.65. The van der Waals surface area contributed by atoms with Gasteiger partial charge in [-0.05, 0) is 0 Å². The Hall–Kier alpha value is -0.880. The molecule has 0 bridgehead atoms. The van der Waals surface area contributed by atoms with E-state index >= 15 is 0 Å². The van der Waals surface area contributed by atoms with Gasteiger partial charge in [-0.25, -0.2) is 0 Å². The van der Waals surface area contributed by atoms with Crippen LogP contribution in [0.1, 0.15) is 17.4 Å². The van der Waals surface area contributed by atoms with Crippen LogP contribution in [0, 0.1) is 22.7 Å². The van der Waals surface area contributed by atoms with Gasteiger partial charge in [0, 0.05) is 5.75 Å². The van der Waals surface area contributed by atoms with Gasteiger partial charge in [0.1, 0.15) is 21.2 Å². The van der Waals surface area contributed by atoms with Crippen molar-refractivity contribution in [3.05, 3.63) is 15.5 Å². The van der Waals surface area contributed by atoms with Gasteiger partial charge >= 0.3 is 0 Å². The highest BCUT2D eigenvalue weighted by atomic mass is 35.5. The fourth-order valence-electron chi connectivity index (χ4n) is 0.850. The number of halogens is 1. The summed E-state index contributed by atoms with van der Waals surface area (Å²) < 4.78 is 11.9. The van der Waals surface area contributed by atoms with Crippen molar-refractivity contribution in [3.8, 4) is 12.1 Å². The van der Waals surface area contributed by atoms with Gasteiger partial charge in [0.2, 0.25) is 0 Å². The first-order valence-corrected chi connectivity index (χ1v) is 6.17. The average molecular weight is 245 g/mol. The van der Waals surface area contributed by atoms with Crippen molar-refractivity contribution in [3.63, 3.8) is 0 Å². The Bertz CT molecular complexity index is 467. The zero-order valence-corrected chi connectivity index (χ0v) is 9.59. The molecule has 0 saturated heterocycles. The van der Waals surface area contributed by atoms with E-state index in [-0.39, 0.29) is 15.5 Å². The number of hydrogen-bond acceptors (Lipinski definition) is 4. The summed E-state index contributed by atoms with van der Waals surface area (Å²) in [6.07, 6.45) is 0. The molecule has 14 heavy (non-hydrogen) atoms. The van der Waals surface area contributed by atoms with Crippen molar-refractivity contribution >= 4 is 33.7 Å². The summed E-state index contributed by atoms with van der Waals surface area (Å²) in [5, 5.41) is 17.6. The second kappa shape index (κ2) is 4.56. The molecule has 6 heteroatoms. The Morgan fingerprint density at radius 2 is 2.14 bits per heavy atom. The number of hydrogen-bond donors (Lipinski definition) is 0. The molecule has 0 fully saturated rings. The minimum atomic E-state index is -1.23. The Morgan fingerprint density at radius 3 is 2.57 bits per heavy atom. The van der Waals surface area contributed by atoms with Crippen LogP contribution in [0.25, 0.3) is 0 Å². The summed E-state index contributed by atoms with van der Waals surface area (Å²) in [7, 11) is -1.23. The Balaban J connectivity index is 3.41. The third-order valence-electron chi connectivity index (χ3n) is 1.50. The first kappa shape index (κ1) is 11.2. The van der Waals surface area contributed by atoms with Crippen LogP contribution < -0.4 is 0 Å². The lowest BCUT2D eigenvalue weighted by Crippen LogP contribution is -1.92. The highest BCUT2D eigenvalue weighted by Crippen LogP contribution is 2.34. The first-order valence-electron chi connectivity index (χ1n) is 3.66. The van der Waals surface area contributed by atoms with Gasteiger partial charge in [-0.15, -0.1) is 11.3 Å². The van der Waals surface area contributed by atoms with Crippen molar-refractivity contribution in [2.24, 2.45) is 0 Å². The van der Waals surface area contributed by atoms with E-state index in [1.807, 2.05) is 12.1 Å². The van der Waals surface area contributed by atoms with Crippen LogP contribution in [0.3, 0.4) is 0 Å². The molecule has 1 unspecified atom stereocenters. The number of nitrogens with zero attached hydrogens (tertiary/aromatic N) is 2. The molecule has 72 valence electrons. The highest BCUT2D eigenvalue weighted by Gasteiger charge is 2.19. The van der Waals surface area contributed by atoms with Crippen molar-refractivity contribution < 1.29 is 4.21 Å². The third-order valence-corrected chi connectivity index (χ3v) is 4.83. The maximum atomic E-state index is 11.5. The zero-order chi connectivity index (χ0) is 10.7. The maximum Gasteiger partial charge on any atom is 0.126 e. The Kier molecular flexibility index (Phi) is 3.65. The smallest absolute Gasteiger partial charge is 0.126 e. The molecule has 0 spiro atoms. The van der Waals surface area contributed by atoms with Crippen LogP contribution in [0.4, 0.5) is 0 Å². The van der Waals surface area contributed by atoms with Gasteiger partial charge < -0.3 is 0 Å². The lowest BCUT2D eigenvalue weighted by Gasteiger charge is -1.92. The number of rotatable bonds is 2. The zero-order valence-electron chi connectivity index (χ0n) is 7.20. The molecule has 0 aromatic carbocycles. The molecule has 0 aliphatic carbocycles. The van der Waals surface area contributed by atoms with E-state index in [4.69, 9.17) is 22.1 Å². The molecule has 0 aliphatic heterocycles. The molecule has 1 aromatic rings. The van der Waals surface area contributed by atoms with E-state index in [2.05, 4.69) is 0 Å². The summed E-state index contributed by atoms with van der Waals surface area (Å²) in [4.78, 5) is 0.250. The SMILES string of the molecule is CCS(=O)c1sc(C#N)c(Cl)c1C#N. The van der Waals surface area contributed by atoms with Crippen LogP contribution in [-0.4, -0.2) is 9.96 Å². The predicted octanol–water partition coefficient (Wildman–Crippen LogP) is 2.27. The summed E-state index contributed by atoms with van der Waals surface area (Å²) in [5.41, 5.74) is 0.174. The van der Waals surface area contributed by atoms with Gasteiger partial charge in [-0.3, -0.25) is 4.21 Å². The van der Waals surface area contributed by atoms with E-state index in [0.717, 1.165) is 11.3 Å². The van der Waals surface area contributed by atoms with Gasteiger partial charge in [-0.1, -0.05) is 18.5 Å². The summed E-state index contributed by atoms with van der Waals surface area (Å²) in [6.45, 7) is 1.75. The van der Waals surface area contributed by atoms with E-state index in [0.29, 0.717) is 9.96 Å². The van der Waals surface area contributed by atoms with Crippen molar-refractivity contribution in [2.75, 3.05) is 5.75 Å². The van der Waals surface area contributed by atoms with E-state index in [1.165, 1.54) is 0 Å². The molecular formula is C8H5ClN2OS2. The topological polar surface area (TPSA) is 64.7 Å².